The Morgan fingerprint density at radius 3 is 2.27 bits per heavy atom. The third-order valence-corrected chi connectivity index (χ3v) is 2.37. The smallest absolute Gasteiger partial charge is 0.331 e. The third-order valence-electron chi connectivity index (χ3n) is 2.37. The summed E-state index contributed by atoms with van der Waals surface area (Å²) in [7, 11) is 0. The largest absolute Gasteiger partial charge is 0.481 e. The van der Waals surface area contributed by atoms with Gasteiger partial charge in [-0.25, -0.2) is 4.79 Å². The molecule has 6 heteroatoms. The molecule has 0 spiro atoms. The molecule has 0 aromatic carbocycles. The first-order valence-electron chi connectivity index (χ1n) is 4.30. The van der Waals surface area contributed by atoms with Gasteiger partial charge in [0.25, 0.3) is 0 Å². The zero-order chi connectivity index (χ0) is 11.6. The van der Waals surface area contributed by atoms with Gasteiger partial charge in [-0.15, -0.1) is 0 Å². The minimum Gasteiger partial charge on any atom is -0.481 e. The molecule has 0 amide bonds. The van der Waals surface area contributed by atoms with Crippen molar-refractivity contribution in [3.05, 3.63) is 11.6 Å². The van der Waals surface area contributed by atoms with Crippen LogP contribution in [-0.4, -0.2) is 33.2 Å². The molecule has 82 valence electrons. The molecule has 0 aromatic heterocycles. The molecule has 0 aromatic rings. The van der Waals surface area contributed by atoms with E-state index in [1.54, 1.807) is 0 Å². The standard InChI is InChI=1S/C9H10O6/c10-7(11)3-4-1-5(8(12)13)2-6(4)9(14)15/h2,4,6H,1,3H2,(H,10,11)(H,12,13)(H,14,15). The van der Waals surface area contributed by atoms with Gasteiger partial charge in [0.1, 0.15) is 0 Å². The van der Waals surface area contributed by atoms with Crippen LogP contribution >= 0.6 is 0 Å². The molecular weight excluding hydrogens is 204 g/mol. The van der Waals surface area contributed by atoms with E-state index in [-0.39, 0.29) is 18.4 Å². The summed E-state index contributed by atoms with van der Waals surface area (Å²) in [5.74, 6) is -5.16. The molecule has 0 saturated heterocycles. The summed E-state index contributed by atoms with van der Waals surface area (Å²) in [6, 6.07) is 0. The van der Waals surface area contributed by atoms with E-state index < -0.39 is 29.7 Å². The Morgan fingerprint density at radius 2 is 1.87 bits per heavy atom. The molecular formula is C9H10O6. The lowest BCUT2D eigenvalue weighted by Gasteiger charge is -2.12. The number of carboxylic acids is 3. The van der Waals surface area contributed by atoms with Gasteiger partial charge in [-0.3, -0.25) is 9.59 Å². The Kier molecular flexibility index (Phi) is 3.08. The van der Waals surface area contributed by atoms with Crippen LogP contribution in [0.25, 0.3) is 0 Å². The van der Waals surface area contributed by atoms with Crippen LogP contribution in [0.1, 0.15) is 12.8 Å². The highest BCUT2D eigenvalue weighted by atomic mass is 16.4. The number of rotatable bonds is 4. The minimum atomic E-state index is -1.19. The minimum absolute atomic E-state index is 0.00139. The second-order valence-corrected chi connectivity index (χ2v) is 3.42. The lowest BCUT2D eigenvalue weighted by molar-refractivity contribution is -0.143. The number of hydrogen-bond acceptors (Lipinski definition) is 3. The highest BCUT2D eigenvalue weighted by Crippen LogP contribution is 2.33. The van der Waals surface area contributed by atoms with Crippen LogP contribution in [-0.2, 0) is 14.4 Å². The fourth-order valence-corrected chi connectivity index (χ4v) is 1.69. The van der Waals surface area contributed by atoms with E-state index in [9.17, 15) is 14.4 Å². The summed E-state index contributed by atoms with van der Waals surface area (Å²) >= 11 is 0. The second kappa shape index (κ2) is 4.12. The average molecular weight is 214 g/mol. The van der Waals surface area contributed by atoms with Gasteiger partial charge in [0.15, 0.2) is 0 Å². The van der Waals surface area contributed by atoms with Crippen molar-refractivity contribution in [1.82, 2.24) is 0 Å². The van der Waals surface area contributed by atoms with Gasteiger partial charge in [0.2, 0.25) is 0 Å². The predicted octanol–water partition coefficient (Wildman–Crippen LogP) is 0.193. The molecule has 3 N–H and O–H groups in total. The molecule has 0 radical (unpaired) electrons. The molecule has 0 bridgehead atoms. The van der Waals surface area contributed by atoms with E-state index in [4.69, 9.17) is 15.3 Å². The highest BCUT2D eigenvalue weighted by molar-refractivity contribution is 5.89. The molecule has 0 heterocycles. The molecule has 15 heavy (non-hydrogen) atoms. The first-order chi connectivity index (χ1) is 6.91. The maximum Gasteiger partial charge on any atom is 0.331 e. The maximum atomic E-state index is 10.7. The Morgan fingerprint density at radius 1 is 1.27 bits per heavy atom. The Labute approximate surface area is 84.8 Å². The van der Waals surface area contributed by atoms with Gasteiger partial charge in [-0.05, 0) is 12.3 Å². The highest BCUT2D eigenvalue weighted by Gasteiger charge is 2.36. The summed E-state index contributed by atoms with van der Waals surface area (Å²) in [6.07, 6.45) is 0.793. The van der Waals surface area contributed by atoms with Crippen LogP contribution in [0.2, 0.25) is 0 Å². The molecule has 6 nitrogen and oxygen atoms in total. The number of aliphatic carboxylic acids is 3. The van der Waals surface area contributed by atoms with E-state index in [1.165, 1.54) is 0 Å². The summed E-state index contributed by atoms with van der Waals surface area (Å²) < 4.78 is 0. The van der Waals surface area contributed by atoms with Crippen molar-refractivity contribution in [2.75, 3.05) is 0 Å². The first kappa shape index (κ1) is 11.2. The second-order valence-electron chi connectivity index (χ2n) is 3.42. The first-order valence-corrected chi connectivity index (χ1v) is 4.30. The average Bonchev–Trinajstić information content (AvgIpc) is 2.46. The number of hydrogen-bond donors (Lipinski definition) is 3. The summed E-state index contributed by atoms with van der Waals surface area (Å²) in [5, 5.41) is 26.0. The lowest BCUT2D eigenvalue weighted by Crippen LogP contribution is -2.20. The van der Waals surface area contributed by atoms with Crippen molar-refractivity contribution in [2.45, 2.75) is 12.8 Å². The zero-order valence-corrected chi connectivity index (χ0v) is 7.71. The fourth-order valence-electron chi connectivity index (χ4n) is 1.69. The van der Waals surface area contributed by atoms with Crippen LogP contribution in [0.4, 0.5) is 0 Å². The molecule has 0 fully saturated rings. The SMILES string of the molecule is O=C(O)CC1CC(C(=O)O)=CC1C(=O)O. The maximum absolute atomic E-state index is 10.7. The molecule has 1 rings (SSSR count). The van der Waals surface area contributed by atoms with E-state index >= 15 is 0 Å². The molecule has 0 aliphatic heterocycles. The quantitative estimate of drug-likeness (QED) is 0.616. The zero-order valence-electron chi connectivity index (χ0n) is 7.71. The summed E-state index contributed by atoms with van der Waals surface area (Å²) in [5.41, 5.74) is -0.0198. The topological polar surface area (TPSA) is 112 Å². The van der Waals surface area contributed by atoms with Crippen molar-refractivity contribution < 1.29 is 29.7 Å². The van der Waals surface area contributed by atoms with E-state index in [0.29, 0.717) is 0 Å². The lowest BCUT2D eigenvalue weighted by atomic mass is 9.92. The normalized spacial score (nSPS) is 24.7. The van der Waals surface area contributed by atoms with Crippen molar-refractivity contribution in [3.63, 3.8) is 0 Å². The van der Waals surface area contributed by atoms with Crippen molar-refractivity contribution in [2.24, 2.45) is 11.8 Å². The van der Waals surface area contributed by atoms with Crippen molar-refractivity contribution in [1.29, 1.82) is 0 Å². The molecule has 1 aliphatic carbocycles. The van der Waals surface area contributed by atoms with Gasteiger partial charge in [0.05, 0.1) is 5.92 Å². The van der Waals surface area contributed by atoms with Crippen LogP contribution in [0.3, 0.4) is 0 Å². The molecule has 2 atom stereocenters. The van der Waals surface area contributed by atoms with E-state index in [0.717, 1.165) is 6.08 Å². The fraction of sp³-hybridized carbons (Fsp3) is 0.444. The predicted molar refractivity (Wildman–Crippen MR) is 47.2 cm³/mol. The van der Waals surface area contributed by atoms with Gasteiger partial charge in [0, 0.05) is 12.0 Å². The van der Waals surface area contributed by atoms with Gasteiger partial charge in [-0.1, -0.05) is 6.08 Å². The Balaban J connectivity index is 2.81. The van der Waals surface area contributed by atoms with Crippen molar-refractivity contribution in [3.8, 4) is 0 Å². The molecule has 1 aliphatic rings. The number of carboxylic acid groups (broad SMARTS) is 3. The van der Waals surface area contributed by atoms with Gasteiger partial charge < -0.3 is 15.3 Å². The van der Waals surface area contributed by atoms with E-state index in [2.05, 4.69) is 0 Å². The molecule has 2 unspecified atom stereocenters. The molecule has 0 saturated carbocycles. The summed E-state index contributed by atoms with van der Waals surface area (Å²) in [6.45, 7) is 0. The van der Waals surface area contributed by atoms with Crippen molar-refractivity contribution >= 4 is 17.9 Å². The van der Waals surface area contributed by atoms with Crippen LogP contribution in [0.15, 0.2) is 11.6 Å². The Bertz CT molecular complexity index is 343. The van der Waals surface area contributed by atoms with Crippen LogP contribution in [0.5, 0.6) is 0 Å². The van der Waals surface area contributed by atoms with Gasteiger partial charge >= 0.3 is 17.9 Å². The Hall–Kier alpha value is -1.85. The summed E-state index contributed by atoms with van der Waals surface area (Å²) in [4.78, 5) is 31.8. The van der Waals surface area contributed by atoms with Crippen LogP contribution in [0, 0.1) is 11.8 Å². The van der Waals surface area contributed by atoms with Gasteiger partial charge in [-0.2, -0.15) is 0 Å². The third kappa shape index (κ3) is 2.55. The van der Waals surface area contributed by atoms with E-state index in [1.807, 2.05) is 0 Å². The monoisotopic (exact) mass is 214 g/mol. The van der Waals surface area contributed by atoms with Crippen LogP contribution < -0.4 is 0 Å². The number of carbonyl (C=O) groups is 3.